The number of rotatable bonds is 1. The number of hydrogen-bond acceptors (Lipinski definition) is 4. The van der Waals surface area contributed by atoms with Gasteiger partial charge in [0.05, 0.1) is 0 Å². The van der Waals surface area contributed by atoms with E-state index < -0.39 is 23.3 Å². The maximum Gasteiger partial charge on any atom is 0.199 e. The minimum Gasteiger partial charge on any atom is -0.381 e. The zero-order chi connectivity index (χ0) is 11.9. The summed E-state index contributed by atoms with van der Waals surface area (Å²) in [6, 6.07) is 6.15. The number of Topliss-reactive ketones (excluding diaryl/α,β-unsaturated/α-hetero) is 2. The Kier molecular flexibility index (Phi) is 2.69. The number of benzene rings is 1. The molecule has 2 rings (SSSR count). The highest BCUT2D eigenvalue weighted by Gasteiger charge is 2.51. The molecule has 1 aromatic rings. The zero-order valence-electron chi connectivity index (χ0n) is 8.18. The van der Waals surface area contributed by atoms with Crippen LogP contribution in [0.5, 0.6) is 0 Å². The number of carbonyl (C=O) groups is 2. The minimum atomic E-state index is -2.06. The van der Waals surface area contributed by atoms with Crippen LogP contribution in [0.2, 0.25) is 0 Å². The molecule has 0 saturated heterocycles. The summed E-state index contributed by atoms with van der Waals surface area (Å²) in [5, 5.41) is 19.5. The van der Waals surface area contributed by atoms with E-state index in [0.29, 0.717) is 0 Å². The molecule has 0 unspecified atom stereocenters. The molecule has 0 heterocycles. The lowest BCUT2D eigenvalue weighted by Gasteiger charge is -2.33. The lowest BCUT2D eigenvalue weighted by atomic mass is 9.77. The highest BCUT2D eigenvalue weighted by atomic mass is 79.9. The Balaban J connectivity index is 2.66. The predicted molar refractivity (Wildman–Crippen MR) is 59.9 cm³/mol. The molecule has 0 amide bonds. The molecule has 0 bridgehead atoms. The third-order valence-corrected chi connectivity index (χ3v) is 3.59. The summed E-state index contributed by atoms with van der Waals surface area (Å²) in [4.78, 5) is 23.7. The first-order valence-corrected chi connectivity index (χ1v) is 5.79. The van der Waals surface area contributed by atoms with Crippen molar-refractivity contribution in [1.29, 1.82) is 0 Å². The predicted octanol–water partition coefficient (Wildman–Crippen LogP) is 0.552. The largest absolute Gasteiger partial charge is 0.381 e. The second-order valence-corrected chi connectivity index (χ2v) is 4.26. The summed E-state index contributed by atoms with van der Waals surface area (Å²) in [5.41, 5.74) is -1.75. The van der Waals surface area contributed by atoms with Gasteiger partial charge in [-0.1, -0.05) is 40.2 Å². The van der Waals surface area contributed by atoms with Crippen molar-refractivity contribution in [3.05, 3.63) is 35.4 Å². The van der Waals surface area contributed by atoms with Gasteiger partial charge in [-0.2, -0.15) is 0 Å². The van der Waals surface area contributed by atoms with Crippen LogP contribution in [-0.2, 0) is 0 Å². The maximum atomic E-state index is 11.9. The van der Waals surface area contributed by atoms with Gasteiger partial charge in [0, 0.05) is 16.5 Å². The standard InChI is InChI=1S/C11H9BrO4/c12-5-11(16)9(14)7-4-2-1-3-6(7)8(13)10(11)15/h1-4,10,15-16H,5H2/t10-,11+/m0/s1. The van der Waals surface area contributed by atoms with Crippen LogP contribution in [0.3, 0.4) is 0 Å². The van der Waals surface area contributed by atoms with Gasteiger partial charge in [0.1, 0.15) is 0 Å². The third kappa shape index (κ3) is 1.36. The van der Waals surface area contributed by atoms with Gasteiger partial charge in [0.25, 0.3) is 0 Å². The monoisotopic (exact) mass is 284 g/mol. The van der Waals surface area contributed by atoms with E-state index in [0.717, 1.165) is 0 Å². The fourth-order valence-electron chi connectivity index (χ4n) is 1.75. The molecule has 1 aliphatic carbocycles. The fraction of sp³-hybridized carbons (Fsp3) is 0.273. The Morgan fingerprint density at radius 2 is 1.81 bits per heavy atom. The molecule has 0 aliphatic heterocycles. The summed E-state index contributed by atoms with van der Waals surface area (Å²) in [5.74, 6) is -1.26. The van der Waals surface area contributed by atoms with Crippen molar-refractivity contribution in [1.82, 2.24) is 0 Å². The summed E-state index contributed by atoms with van der Waals surface area (Å²) in [7, 11) is 0. The molecule has 5 heteroatoms. The Bertz CT molecular complexity index is 471. The van der Waals surface area contributed by atoms with Crippen molar-refractivity contribution < 1.29 is 19.8 Å². The van der Waals surface area contributed by atoms with Crippen molar-refractivity contribution in [2.24, 2.45) is 0 Å². The third-order valence-electron chi connectivity index (χ3n) is 2.73. The van der Waals surface area contributed by atoms with E-state index in [1.54, 1.807) is 12.1 Å². The number of carbonyl (C=O) groups excluding carboxylic acids is 2. The van der Waals surface area contributed by atoms with Crippen LogP contribution in [0.1, 0.15) is 20.7 Å². The highest BCUT2D eigenvalue weighted by Crippen LogP contribution is 2.30. The van der Waals surface area contributed by atoms with Crippen LogP contribution >= 0.6 is 15.9 Å². The van der Waals surface area contributed by atoms with Gasteiger partial charge in [0.2, 0.25) is 0 Å². The molecular formula is C11H9BrO4. The van der Waals surface area contributed by atoms with Crippen molar-refractivity contribution in [3.8, 4) is 0 Å². The number of aliphatic hydroxyl groups is 2. The first-order chi connectivity index (χ1) is 7.52. The zero-order valence-corrected chi connectivity index (χ0v) is 9.77. The number of aliphatic hydroxyl groups excluding tert-OH is 1. The van der Waals surface area contributed by atoms with Crippen LogP contribution in [0.15, 0.2) is 24.3 Å². The highest BCUT2D eigenvalue weighted by molar-refractivity contribution is 9.09. The number of alkyl halides is 1. The summed E-state index contributed by atoms with van der Waals surface area (Å²) in [6.45, 7) is 0. The van der Waals surface area contributed by atoms with Crippen LogP contribution in [-0.4, -0.2) is 38.8 Å². The van der Waals surface area contributed by atoms with E-state index in [1.807, 2.05) is 0 Å². The molecule has 16 heavy (non-hydrogen) atoms. The molecule has 0 radical (unpaired) electrons. The molecule has 4 nitrogen and oxygen atoms in total. The Hall–Kier alpha value is -1.04. The van der Waals surface area contributed by atoms with Crippen LogP contribution in [0.25, 0.3) is 0 Å². The first-order valence-electron chi connectivity index (χ1n) is 4.67. The SMILES string of the molecule is O=C1c2ccccc2C(=O)[C@](O)(CBr)[C@H]1O. The maximum absolute atomic E-state index is 11.9. The van der Waals surface area contributed by atoms with Gasteiger partial charge in [-0.15, -0.1) is 0 Å². The van der Waals surface area contributed by atoms with Crippen molar-refractivity contribution in [2.75, 3.05) is 5.33 Å². The topological polar surface area (TPSA) is 74.6 Å². The molecule has 0 spiro atoms. The minimum absolute atomic E-state index is 0.153. The molecular weight excluding hydrogens is 276 g/mol. The lowest BCUT2D eigenvalue weighted by molar-refractivity contribution is -0.0274. The summed E-state index contributed by atoms with van der Waals surface area (Å²) in [6.07, 6.45) is -1.71. The van der Waals surface area contributed by atoms with E-state index in [-0.39, 0.29) is 16.5 Å². The Morgan fingerprint density at radius 3 is 2.38 bits per heavy atom. The molecule has 0 aromatic heterocycles. The van der Waals surface area contributed by atoms with E-state index in [2.05, 4.69) is 15.9 Å². The molecule has 2 N–H and O–H groups in total. The first kappa shape index (κ1) is 11.4. The van der Waals surface area contributed by atoms with Crippen LogP contribution in [0, 0.1) is 0 Å². The fourth-order valence-corrected chi connectivity index (χ4v) is 2.31. The second-order valence-electron chi connectivity index (χ2n) is 3.70. The van der Waals surface area contributed by atoms with Gasteiger partial charge in [-0.25, -0.2) is 0 Å². The molecule has 1 aliphatic rings. The number of fused-ring (bicyclic) bond motifs is 1. The van der Waals surface area contributed by atoms with E-state index in [9.17, 15) is 19.8 Å². The molecule has 2 atom stereocenters. The number of ketones is 2. The lowest BCUT2D eigenvalue weighted by Crippen LogP contribution is -2.58. The van der Waals surface area contributed by atoms with Gasteiger partial charge < -0.3 is 10.2 Å². The summed E-state index contributed by atoms with van der Waals surface area (Å²) >= 11 is 2.94. The molecule has 0 fully saturated rings. The van der Waals surface area contributed by atoms with Crippen LogP contribution in [0.4, 0.5) is 0 Å². The van der Waals surface area contributed by atoms with Crippen LogP contribution < -0.4 is 0 Å². The average molecular weight is 285 g/mol. The number of halogens is 1. The van der Waals surface area contributed by atoms with E-state index in [1.165, 1.54) is 12.1 Å². The van der Waals surface area contributed by atoms with Gasteiger partial charge in [0.15, 0.2) is 23.3 Å². The molecule has 84 valence electrons. The average Bonchev–Trinajstić information content (AvgIpc) is 2.33. The number of hydrogen-bond donors (Lipinski definition) is 2. The van der Waals surface area contributed by atoms with E-state index in [4.69, 9.17) is 0 Å². The summed E-state index contributed by atoms with van der Waals surface area (Å²) < 4.78 is 0. The quantitative estimate of drug-likeness (QED) is 0.739. The second kappa shape index (κ2) is 3.76. The Labute approximate surface area is 100 Å². The normalized spacial score (nSPS) is 29.1. The molecule has 0 saturated carbocycles. The molecule has 1 aromatic carbocycles. The van der Waals surface area contributed by atoms with Gasteiger partial charge in [-0.05, 0) is 0 Å². The van der Waals surface area contributed by atoms with Gasteiger partial charge in [-0.3, -0.25) is 9.59 Å². The Morgan fingerprint density at radius 1 is 1.25 bits per heavy atom. The van der Waals surface area contributed by atoms with Crippen molar-refractivity contribution in [2.45, 2.75) is 11.7 Å². The van der Waals surface area contributed by atoms with E-state index >= 15 is 0 Å². The van der Waals surface area contributed by atoms with Crippen molar-refractivity contribution >= 4 is 27.5 Å². The smallest absolute Gasteiger partial charge is 0.199 e. The van der Waals surface area contributed by atoms with Crippen molar-refractivity contribution in [3.63, 3.8) is 0 Å². The van der Waals surface area contributed by atoms with Gasteiger partial charge >= 0.3 is 0 Å².